The summed E-state index contributed by atoms with van der Waals surface area (Å²) in [5, 5.41) is 2.51. The quantitative estimate of drug-likeness (QED) is 0.361. The van der Waals surface area contributed by atoms with Crippen molar-refractivity contribution >= 4 is 35.0 Å². The van der Waals surface area contributed by atoms with E-state index in [4.69, 9.17) is 10.5 Å². The van der Waals surface area contributed by atoms with Crippen molar-refractivity contribution in [3.05, 3.63) is 64.7 Å². The van der Waals surface area contributed by atoms with Gasteiger partial charge in [0.15, 0.2) is 5.75 Å². The third kappa shape index (κ3) is 3.35. The highest BCUT2D eigenvalue weighted by Gasteiger charge is 2.35. The molecule has 8 nitrogen and oxygen atoms in total. The number of hydrogen-bond acceptors (Lipinski definition) is 7. The summed E-state index contributed by atoms with van der Waals surface area (Å²) in [6, 6.07) is 10.5. The molecule has 1 aliphatic heterocycles. The maximum Gasteiger partial charge on any atom is 0.349 e. The van der Waals surface area contributed by atoms with Crippen molar-refractivity contribution in [2.75, 3.05) is 12.4 Å². The van der Waals surface area contributed by atoms with E-state index >= 15 is 0 Å². The van der Waals surface area contributed by atoms with Gasteiger partial charge in [-0.15, -0.1) is 0 Å². The van der Waals surface area contributed by atoms with Crippen molar-refractivity contribution < 1.29 is 28.7 Å². The minimum Gasteiger partial charge on any atom is -0.465 e. The third-order valence-electron chi connectivity index (χ3n) is 4.08. The van der Waals surface area contributed by atoms with Gasteiger partial charge >= 0.3 is 11.9 Å². The van der Waals surface area contributed by atoms with Gasteiger partial charge in [-0.25, -0.2) is 9.59 Å². The molecule has 1 amide bonds. The molecule has 2 aromatic carbocycles. The monoisotopic (exact) mass is 380 g/mol. The molecule has 0 aliphatic carbocycles. The SMILES string of the molecule is COC(=O)c1ccc(/C(N)=C2/C(=O)Oc3c(NC(C)=O)cccc3C2=O)cc1. The molecule has 8 heteroatoms. The number of fused-ring (bicyclic) bond motifs is 1. The molecule has 0 aromatic heterocycles. The second-order valence-corrected chi connectivity index (χ2v) is 5.94. The van der Waals surface area contributed by atoms with Crippen molar-refractivity contribution in [2.24, 2.45) is 5.73 Å². The highest BCUT2D eigenvalue weighted by atomic mass is 16.5. The Morgan fingerprint density at radius 2 is 1.68 bits per heavy atom. The lowest BCUT2D eigenvalue weighted by Crippen LogP contribution is -2.29. The van der Waals surface area contributed by atoms with Crippen molar-refractivity contribution in [3.8, 4) is 5.75 Å². The molecule has 28 heavy (non-hydrogen) atoms. The lowest BCUT2D eigenvalue weighted by molar-refractivity contribution is -0.130. The average molecular weight is 380 g/mol. The predicted molar refractivity (Wildman–Crippen MR) is 99.6 cm³/mol. The summed E-state index contributed by atoms with van der Waals surface area (Å²) < 4.78 is 9.91. The van der Waals surface area contributed by atoms with Crippen LogP contribution >= 0.6 is 0 Å². The van der Waals surface area contributed by atoms with Crippen LogP contribution in [0.3, 0.4) is 0 Å². The zero-order chi connectivity index (χ0) is 20.4. The van der Waals surface area contributed by atoms with E-state index in [1.807, 2.05) is 0 Å². The van der Waals surface area contributed by atoms with E-state index in [0.29, 0.717) is 11.1 Å². The maximum absolute atomic E-state index is 12.9. The number of ether oxygens (including phenoxy) is 2. The van der Waals surface area contributed by atoms with Crippen LogP contribution in [0.25, 0.3) is 5.70 Å². The first kappa shape index (κ1) is 18.8. The lowest BCUT2D eigenvalue weighted by Gasteiger charge is -2.21. The van der Waals surface area contributed by atoms with E-state index in [1.165, 1.54) is 50.4 Å². The number of ketones is 1. The van der Waals surface area contributed by atoms with E-state index < -0.39 is 17.7 Å². The number of hydrogen-bond donors (Lipinski definition) is 2. The number of anilines is 1. The number of rotatable bonds is 3. The molecule has 2 aromatic rings. The van der Waals surface area contributed by atoms with E-state index in [2.05, 4.69) is 10.1 Å². The normalized spacial score (nSPS) is 14.6. The number of carbonyl (C=O) groups is 4. The summed E-state index contributed by atoms with van der Waals surface area (Å²) in [6.07, 6.45) is 0. The zero-order valence-electron chi connectivity index (χ0n) is 15.1. The number of nitrogens with one attached hydrogen (secondary N) is 1. The largest absolute Gasteiger partial charge is 0.465 e. The summed E-state index contributed by atoms with van der Waals surface area (Å²) in [4.78, 5) is 48.2. The molecule has 0 bridgehead atoms. The summed E-state index contributed by atoms with van der Waals surface area (Å²) in [7, 11) is 1.26. The van der Waals surface area contributed by atoms with E-state index in [-0.39, 0.29) is 34.2 Å². The van der Waals surface area contributed by atoms with Crippen LogP contribution in [0.15, 0.2) is 48.0 Å². The highest BCUT2D eigenvalue weighted by Crippen LogP contribution is 2.36. The van der Waals surface area contributed by atoms with Crippen molar-refractivity contribution in [1.82, 2.24) is 0 Å². The molecule has 1 aliphatic rings. The van der Waals surface area contributed by atoms with Crippen LogP contribution in [0.2, 0.25) is 0 Å². The molecule has 0 atom stereocenters. The van der Waals surface area contributed by atoms with Gasteiger partial charge in [0, 0.05) is 6.92 Å². The van der Waals surface area contributed by atoms with Crippen molar-refractivity contribution in [2.45, 2.75) is 6.92 Å². The van der Waals surface area contributed by atoms with Crippen LogP contribution in [-0.4, -0.2) is 30.7 Å². The Morgan fingerprint density at radius 1 is 1.04 bits per heavy atom. The molecule has 0 fully saturated rings. The van der Waals surface area contributed by atoms with E-state index in [0.717, 1.165) is 0 Å². The van der Waals surface area contributed by atoms with Gasteiger partial charge in [0.1, 0.15) is 5.57 Å². The van der Waals surface area contributed by atoms with E-state index in [9.17, 15) is 19.2 Å². The smallest absolute Gasteiger partial charge is 0.349 e. The molecule has 0 unspecified atom stereocenters. The number of amides is 1. The number of benzene rings is 2. The van der Waals surface area contributed by atoms with Gasteiger partial charge in [0.2, 0.25) is 11.7 Å². The summed E-state index contributed by atoms with van der Waals surface area (Å²) in [5.41, 5.74) is 6.64. The van der Waals surface area contributed by atoms with Crippen molar-refractivity contribution in [3.63, 3.8) is 0 Å². The van der Waals surface area contributed by atoms with Gasteiger partial charge in [-0.1, -0.05) is 18.2 Å². The van der Waals surface area contributed by atoms with Gasteiger partial charge in [-0.3, -0.25) is 9.59 Å². The second kappa shape index (κ2) is 7.36. The first-order chi connectivity index (χ1) is 13.3. The summed E-state index contributed by atoms with van der Waals surface area (Å²) in [5.74, 6) is -2.46. The maximum atomic E-state index is 12.9. The fourth-order valence-electron chi connectivity index (χ4n) is 2.77. The minimum atomic E-state index is -0.926. The Labute approximate surface area is 159 Å². The number of nitrogens with two attached hydrogens (primary N) is 1. The van der Waals surface area contributed by atoms with Crippen LogP contribution in [0.1, 0.15) is 33.2 Å². The molecule has 0 saturated carbocycles. The Bertz CT molecular complexity index is 1040. The topological polar surface area (TPSA) is 125 Å². The lowest BCUT2D eigenvalue weighted by atomic mass is 9.95. The fraction of sp³-hybridized carbons (Fsp3) is 0.100. The first-order valence-corrected chi connectivity index (χ1v) is 8.19. The van der Waals surface area contributed by atoms with Gasteiger partial charge in [-0.05, 0) is 29.8 Å². The molecule has 3 rings (SSSR count). The average Bonchev–Trinajstić information content (AvgIpc) is 2.67. The molecular formula is C20H16N2O6. The fourth-order valence-corrected chi connectivity index (χ4v) is 2.77. The van der Waals surface area contributed by atoms with Crippen LogP contribution in [0.5, 0.6) is 5.75 Å². The van der Waals surface area contributed by atoms with Gasteiger partial charge < -0.3 is 20.5 Å². The molecular weight excluding hydrogens is 364 g/mol. The Morgan fingerprint density at radius 3 is 2.29 bits per heavy atom. The molecule has 1 heterocycles. The summed E-state index contributed by atoms with van der Waals surface area (Å²) in [6.45, 7) is 1.30. The number of esters is 2. The number of carbonyl (C=O) groups excluding carboxylic acids is 4. The zero-order valence-corrected chi connectivity index (χ0v) is 15.1. The number of Topliss-reactive ketones (excluding diaryl/α,β-unsaturated/α-hetero) is 1. The Kier molecular flexibility index (Phi) is 4.95. The standard InChI is InChI=1S/C20H16N2O6/c1-10(23)22-14-5-3-4-13-17(24)15(20(26)28-18(13)14)16(21)11-6-8-12(9-7-11)19(25)27-2/h3-9H,21H2,1-2H3,(H,22,23)/b16-15-. The number of methoxy groups -OCH3 is 1. The highest BCUT2D eigenvalue weighted by molar-refractivity contribution is 6.32. The predicted octanol–water partition coefficient (Wildman–Crippen LogP) is 1.90. The summed E-state index contributed by atoms with van der Waals surface area (Å²) >= 11 is 0. The van der Waals surface area contributed by atoms with Crippen LogP contribution < -0.4 is 15.8 Å². The van der Waals surface area contributed by atoms with Crippen LogP contribution in [0.4, 0.5) is 5.69 Å². The third-order valence-corrected chi connectivity index (χ3v) is 4.08. The van der Waals surface area contributed by atoms with Gasteiger partial charge in [-0.2, -0.15) is 0 Å². The second-order valence-electron chi connectivity index (χ2n) is 5.94. The van der Waals surface area contributed by atoms with Crippen LogP contribution in [0, 0.1) is 0 Å². The molecule has 0 saturated heterocycles. The van der Waals surface area contributed by atoms with Gasteiger partial charge in [0.25, 0.3) is 0 Å². The molecule has 0 spiro atoms. The minimum absolute atomic E-state index is 0.0229. The first-order valence-electron chi connectivity index (χ1n) is 8.19. The molecule has 3 N–H and O–H groups in total. The Hall–Kier alpha value is -3.94. The van der Waals surface area contributed by atoms with E-state index in [1.54, 1.807) is 6.07 Å². The number of para-hydroxylation sites is 1. The van der Waals surface area contributed by atoms with Gasteiger partial charge in [0.05, 0.1) is 29.6 Å². The van der Waals surface area contributed by atoms with Crippen molar-refractivity contribution in [1.29, 1.82) is 0 Å². The Balaban J connectivity index is 2.04. The van der Waals surface area contributed by atoms with Crippen LogP contribution in [-0.2, 0) is 14.3 Å². The molecule has 142 valence electrons. The molecule has 0 radical (unpaired) electrons.